The molecule has 1 aromatic carbocycles. The zero-order valence-electron chi connectivity index (χ0n) is 13.0. The molecule has 0 N–H and O–H groups in total. The lowest BCUT2D eigenvalue weighted by Crippen LogP contribution is -2.46. The number of nitrogens with zero attached hydrogens (tertiary/aromatic N) is 3. The second kappa shape index (κ2) is 7.70. The van der Waals surface area contributed by atoms with Crippen LogP contribution < -0.4 is 4.90 Å². The summed E-state index contributed by atoms with van der Waals surface area (Å²) in [5.74, 6) is -0.248. The Bertz CT molecular complexity index is 714. The van der Waals surface area contributed by atoms with Crippen molar-refractivity contribution < 1.29 is 13.9 Å². The smallest absolute Gasteiger partial charge is 0.329 e. The molecule has 0 aliphatic carbocycles. The molecule has 0 saturated carbocycles. The van der Waals surface area contributed by atoms with Gasteiger partial charge in [0.25, 0.3) is 0 Å². The molecule has 3 rings (SSSR count). The van der Waals surface area contributed by atoms with Crippen molar-refractivity contribution in [1.29, 1.82) is 0 Å². The summed E-state index contributed by atoms with van der Waals surface area (Å²) in [4.78, 5) is 22.8. The largest absolute Gasteiger partial charge is 0.459 e. The third-order valence-corrected chi connectivity index (χ3v) is 4.46. The molecule has 0 amide bonds. The van der Waals surface area contributed by atoms with Gasteiger partial charge in [-0.25, -0.2) is 19.2 Å². The van der Waals surface area contributed by atoms with Gasteiger partial charge in [-0.05, 0) is 37.5 Å². The number of hydrogen-bond donors (Lipinski definition) is 0. The summed E-state index contributed by atoms with van der Waals surface area (Å²) in [5.41, 5.74) is 0.352. The van der Waals surface area contributed by atoms with Crippen molar-refractivity contribution in [2.45, 2.75) is 31.9 Å². The first-order valence-corrected chi connectivity index (χ1v) is 8.58. The maximum Gasteiger partial charge on any atom is 0.329 e. The highest BCUT2D eigenvalue weighted by atomic mass is 79.9. The molecule has 1 unspecified atom stereocenters. The van der Waals surface area contributed by atoms with Crippen molar-refractivity contribution in [3.63, 3.8) is 0 Å². The molecule has 5 nitrogen and oxygen atoms in total. The molecule has 0 spiro atoms. The molecule has 1 aliphatic heterocycles. The van der Waals surface area contributed by atoms with Gasteiger partial charge in [-0.15, -0.1) is 0 Å². The summed E-state index contributed by atoms with van der Waals surface area (Å²) >= 11 is 3.20. The van der Waals surface area contributed by atoms with Crippen LogP contribution in [0.15, 0.2) is 41.1 Å². The van der Waals surface area contributed by atoms with E-state index in [9.17, 15) is 9.18 Å². The van der Waals surface area contributed by atoms with Crippen LogP contribution in [0.1, 0.15) is 24.8 Å². The Morgan fingerprint density at radius 2 is 2.12 bits per heavy atom. The van der Waals surface area contributed by atoms with Crippen LogP contribution in [0.25, 0.3) is 0 Å². The Morgan fingerprint density at radius 3 is 2.88 bits per heavy atom. The van der Waals surface area contributed by atoms with Crippen LogP contribution >= 0.6 is 15.9 Å². The summed E-state index contributed by atoms with van der Waals surface area (Å²) in [7, 11) is 0. The summed E-state index contributed by atoms with van der Waals surface area (Å²) in [6.07, 6.45) is 5.89. The van der Waals surface area contributed by atoms with E-state index in [0.29, 0.717) is 29.0 Å². The first kappa shape index (κ1) is 16.8. The third-order valence-electron chi connectivity index (χ3n) is 3.97. The van der Waals surface area contributed by atoms with Crippen molar-refractivity contribution in [1.82, 2.24) is 9.97 Å². The minimum Gasteiger partial charge on any atom is -0.459 e. The Morgan fingerprint density at radius 1 is 1.33 bits per heavy atom. The van der Waals surface area contributed by atoms with Gasteiger partial charge in [0.2, 0.25) is 5.95 Å². The van der Waals surface area contributed by atoms with Crippen LogP contribution in [0.3, 0.4) is 0 Å². The average Bonchev–Trinajstić information content (AvgIpc) is 2.61. The van der Waals surface area contributed by atoms with E-state index in [1.807, 2.05) is 4.90 Å². The topological polar surface area (TPSA) is 55.3 Å². The number of hydrogen-bond acceptors (Lipinski definition) is 5. The van der Waals surface area contributed by atoms with Gasteiger partial charge in [0.1, 0.15) is 18.5 Å². The molecule has 1 atom stereocenters. The molecule has 0 radical (unpaired) electrons. The average molecular weight is 394 g/mol. The quantitative estimate of drug-likeness (QED) is 0.744. The zero-order valence-corrected chi connectivity index (χ0v) is 14.6. The van der Waals surface area contributed by atoms with Crippen molar-refractivity contribution in [2.24, 2.45) is 0 Å². The van der Waals surface area contributed by atoms with Gasteiger partial charge >= 0.3 is 5.97 Å². The van der Waals surface area contributed by atoms with Gasteiger partial charge in [0.15, 0.2) is 0 Å². The SMILES string of the molecule is O=C(OCc1ccc(Br)cc1F)C1CCCCN1c1ncccn1. The maximum absolute atomic E-state index is 13.8. The Labute approximate surface area is 148 Å². The number of esters is 1. The lowest BCUT2D eigenvalue weighted by atomic mass is 10.0. The van der Waals surface area contributed by atoms with E-state index in [1.165, 1.54) is 6.07 Å². The fourth-order valence-electron chi connectivity index (χ4n) is 2.74. The molecule has 24 heavy (non-hydrogen) atoms. The molecule has 126 valence electrons. The van der Waals surface area contributed by atoms with E-state index in [4.69, 9.17) is 4.74 Å². The summed E-state index contributed by atoms with van der Waals surface area (Å²) in [5, 5.41) is 0. The summed E-state index contributed by atoms with van der Waals surface area (Å²) < 4.78 is 19.8. The minimum absolute atomic E-state index is 0.0854. The number of benzene rings is 1. The molecule has 7 heteroatoms. The highest BCUT2D eigenvalue weighted by Crippen LogP contribution is 2.23. The third kappa shape index (κ3) is 3.90. The van der Waals surface area contributed by atoms with Crippen molar-refractivity contribution >= 4 is 27.8 Å². The highest BCUT2D eigenvalue weighted by molar-refractivity contribution is 9.10. The Hall–Kier alpha value is -2.02. The number of carbonyl (C=O) groups excluding carboxylic acids is 1. The molecule has 1 fully saturated rings. The predicted octanol–water partition coefficient (Wildman–Crippen LogP) is 3.48. The lowest BCUT2D eigenvalue weighted by Gasteiger charge is -2.33. The van der Waals surface area contributed by atoms with Crippen molar-refractivity contribution in [2.75, 3.05) is 11.4 Å². The molecule has 1 aliphatic rings. The van der Waals surface area contributed by atoms with Gasteiger partial charge in [-0.1, -0.05) is 22.0 Å². The van der Waals surface area contributed by atoms with Crippen LogP contribution in [-0.4, -0.2) is 28.5 Å². The highest BCUT2D eigenvalue weighted by Gasteiger charge is 2.31. The molecular weight excluding hydrogens is 377 g/mol. The van der Waals surface area contributed by atoms with Crippen LogP contribution in [0.5, 0.6) is 0 Å². The van der Waals surface area contributed by atoms with Crippen molar-refractivity contribution in [3.8, 4) is 0 Å². The summed E-state index contributed by atoms with van der Waals surface area (Å²) in [6.45, 7) is 0.619. The van der Waals surface area contributed by atoms with E-state index >= 15 is 0 Å². The number of ether oxygens (including phenoxy) is 1. The summed E-state index contributed by atoms with van der Waals surface area (Å²) in [6, 6.07) is 5.98. The Kier molecular flexibility index (Phi) is 5.40. The van der Waals surface area contributed by atoms with E-state index in [2.05, 4.69) is 25.9 Å². The lowest BCUT2D eigenvalue weighted by molar-refractivity contribution is -0.147. The number of piperidine rings is 1. The van der Waals surface area contributed by atoms with Gasteiger partial charge in [-0.3, -0.25) is 0 Å². The number of rotatable bonds is 4. The standard InChI is InChI=1S/C17H17BrFN3O2/c18-13-6-5-12(14(19)10-13)11-24-16(23)15-4-1-2-9-22(15)17-20-7-3-8-21-17/h3,5-8,10,15H,1-2,4,9,11H2. The minimum atomic E-state index is -0.431. The Balaban J connectivity index is 1.68. The van der Waals surface area contributed by atoms with Gasteiger partial charge in [0, 0.05) is 29.0 Å². The first-order valence-electron chi connectivity index (χ1n) is 7.79. The number of carbonyl (C=O) groups is 1. The molecular formula is C17H17BrFN3O2. The normalized spacial score (nSPS) is 17.6. The fraction of sp³-hybridized carbons (Fsp3) is 0.353. The maximum atomic E-state index is 13.8. The van der Waals surface area contributed by atoms with E-state index in [-0.39, 0.29) is 12.6 Å². The zero-order chi connectivity index (χ0) is 16.9. The van der Waals surface area contributed by atoms with Crippen LogP contribution in [0, 0.1) is 5.82 Å². The van der Waals surface area contributed by atoms with E-state index in [1.54, 1.807) is 30.6 Å². The van der Waals surface area contributed by atoms with E-state index in [0.717, 1.165) is 12.8 Å². The molecule has 2 heterocycles. The molecule has 1 saturated heterocycles. The van der Waals surface area contributed by atoms with Gasteiger partial charge in [-0.2, -0.15) is 0 Å². The second-order valence-electron chi connectivity index (χ2n) is 5.60. The molecule has 0 bridgehead atoms. The van der Waals surface area contributed by atoms with Crippen molar-refractivity contribution in [3.05, 3.63) is 52.5 Å². The van der Waals surface area contributed by atoms with Crippen LogP contribution in [-0.2, 0) is 16.1 Å². The fourth-order valence-corrected chi connectivity index (χ4v) is 3.07. The van der Waals surface area contributed by atoms with E-state index < -0.39 is 11.9 Å². The molecule has 1 aromatic heterocycles. The monoisotopic (exact) mass is 393 g/mol. The number of anilines is 1. The van der Waals surface area contributed by atoms with Crippen LogP contribution in [0.4, 0.5) is 10.3 Å². The second-order valence-corrected chi connectivity index (χ2v) is 6.51. The number of halogens is 2. The number of aromatic nitrogens is 2. The van der Waals surface area contributed by atoms with Gasteiger partial charge < -0.3 is 9.64 Å². The predicted molar refractivity (Wildman–Crippen MR) is 90.9 cm³/mol. The van der Waals surface area contributed by atoms with Gasteiger partial charge in [0.05, 0.1) is 0 Å². The first-order chi connectivity index (χ1) is 11.6. The molecule has 2 aromatic rings. The van der Waals surface area contributed by atoms with Crippen LogP contribution in [0.2, 0.25) is 0 Å².